The van der Waals surface area contributed by atoms with Crippen LogP contribution in [0.5, 0.6) is 0 Å². The molecule has 112 valence electrons. The number of aliphatic hydroxyl groups excluding tert-OH is 1. The first-order chi connectivity index (χ1) is 10.1. The maximum atomic E-state index is 13.4. The van der Waals surface area contributed by atoms with Crippen LogP contribution in [0, 0.1) is 5.82 Å². The lowest BCUT2D eigenvalue weighted by Gasteiger charge is -2.35. The van der Waals surface area contributed by atoms with Gasteiger partial charge in [-0.2, -0.15) is 0 Å². The molecule has 2 aromatic carbocycles. The summed E-state index contributed by atoms with van der Waals surface area (Å²) >= 11 is 0. The van der Waals surface area contributed by atoms with Crippen LogP contribution in [0.4, 0.5) is 10.1 Å². The summed E-state index contributed by atoms with van der Waals surface area (Å²) in [6.07, 6.45) is 0. The van der Waals surface area contributed by atoms with Gasteiger partial charge in [0.2, 0.25) is 0 Å². The van der Waals surface area contributed by atoms with Crippen molar-refractivity contribution in [2.45, 2.75) is 19.3 Å². The molecule has 2 aromatic rings. The van der Waals surface area contributed by atoms with Gasteiger partial charge in [0.25, 0.3) is 0 Å². The summed E-state index contributed by atoms with van der Waals surface area (Å²) < 4.78 is 13.4. The zero-order valence-electron chi connectivity index (χ0n) is 12.6. The van der Waals surface area contributed by atoms with Crippen molar-refractivity contribution in [2.24, 2.45) is 0 Å². The largest absolute Gasteiger partial charge is 0.395 e. The number of halogens is 1. The van der Waals surface area contributed by atoms with Gasteiger partial charge in [-0.25, -0.2) is 4.39 Å². The molecule has 21 heavy (non-hydrogen) atoms. The molecule has 0 amide bonds. The Kier molecular flexibility index (Phi) is 4.97. The van der Waals surface area contributed by atoms with Gasteiger partial charge in [-0.15, -0.1) is 0 Å². The van der Waals surface area contributed by atoms with Gasteiger partial charge < -0.3 is 10.0 Å². The third kappa shape index (κ3) is 3.61. The van der Waals surface area contributed by atoms with E-state index in [1.807, 2.05) is 50.2 Å². The predicted octanol–water partition coefficient (Wildman–Crippen LogP) is 3.60. The monoisotopic (exact) mass is 287 g/mol. The molecule has 1 atom stereocenters. The molecule has 0 aliphatic heterocycles. The maximum absolute atomic E-state index is 13.4. The lowest BCUT2D eigenvalue weighted by Crippen LogP contribution is -2.41. The van der Waals surface area contributed by atoms with Crippen LogP contribution >= 0.6 is 0 Å². The summed E-state index contributed by atoms with van der Waals surface area (Å²) in [6, 6.07) is 16.5. The van der Waals surface area contributed by atoms with E-state index >= 15 is 0 Å². The minimum Gasteiger partial charge on any atom is -0.395 e. The van der Waals surface area contributed by atoms with Gasteiger partial charge in [-0.3, -0.25) is 0 Å². The topological polar surface area (TPSA) is 23.5 Å². The standard InChI is InChI=1S/C18H22FNO/c1-3-20(17-11-7-10-16(19)12-17)13-18(2,14-21)15-8-5-4-6-9-15/h4-12,21H,3,13-14H2,1-2H3. The van der Waals surface area contributed by atoms with Gasteiger partial charge in [0.15, 0.2) is 0 Å². The Morgan fingerprint density at radius 2 is 1.81 bits per heavy atom. The molecule has 0 aliphatic carbocycles. The van der Waals surface area contributed by atoms with Gasteiger partial charge in [-0.05, 0) is 30.7 Å². The van der Waals surface area contributed by atoms with Crippen LogP contribution in [-0.4, -0.2) is 24.8 Å². The first-order valence-corrected chi connectivity index (χ1v) is 7.26. The maximum Gasteiger partial charge on any atom is 0.125 e. The van der Waals surface area contributed by atoms with Crippen LogP contribution in [-0.2, 0) is 5.41 Å². The molecule has 0 fully saturated rings. The third-order valence-electron chi connectivity index (χ3n) is 3.91. The number of aliphatic hydroxyl groups is 1. The second-order valence-electron chi connectivity index (χ2n) is 5.58. The van der Waals surface area contributed by atoms with Crippen molar-refractivity contribution in [1.82, 2.24) is 0 Å². The molecule has 3 heteroatoms. The summed E-state index contributed by atoms with van der Waals surface area (Å²) in [5.74, 6) is -0.239. The summed E-state index contributed by atoms with van der Waals surface area (Å²) in [6.45, 7) is 5.50. The zero-order chi connectivity index (χ0) is 15.3. The average molecular weight is 287 g/mol. The van der Waals surface area contributed by atoms with Crippen molar-refractivity contribution in [2.75, 3.05) is 24.6 Å². The Morgan fingerprint density at radius 1 is 1.10 bits per heavy atom. The van der Waals surface area contributed by atoms with Gasteiger partial charge >= 0.3 is 0 Å². The van der Waals surface area contributed by atoms with E-state index in [1.165, 1.54) is 12.1 Å². The summed E-state index contributed by atoms with van der Waals surface area (Å²) in [4.78, 5) is 2.09. The fraction of sp³-hybridized carbons (Fsp3) is 0.333. The molecule has 2 rings (SSSR count). The first-order valence-electron chi connectivity index (χ1n) is 7.26. The van der Waals surface area contributed by atoms with Crippen molar-refractivity contribution < 1.29 is 9.50 Å². The summed E-state index contributed by atoms with van der Waals surface area (Å²) in [5.41, 5.74) is 1.54. The smallest absolute Gasteiger partial charge is 0.125 e. The number of hydrogen-bond donors (Lipinski definition) is 1. The van der Waals surface area contributed by atoms with Crippen LogP contribution in [0.25, 0.3) is 0 Å². The molecule has 0 saturated carbocycles. The highest BCUT2D eigenvalue weighted by molar-refractivity contribution is 5.47. The lowest BCUT2D eigenvalue weighted by molar-refractivity contribution is 0.208. The van der Waals surface area contributed by atoms with Crippen molar-refractivity contribution in [3.8, 4) is 0 Å². The highest BCUT2D eigenvalue weighted by atomic mass is 19.1. The lowest BCUT2D eigenvalue weighted by atomic mass is 9.82. The summed E-state index contributed by atoms with van der Waals surface area (Å²) in [5, 5.41) is 9.88. The van der Waals surface area contributed by atoms with E-state index in [-0.39, 0.29) is 17.8 Å². The van der Waals surface area contributed by atoms with Gasteiger partial charge in [0.1, 0.15) is 5.82 Å². The zero-order valence-corrected chi connectivity index (χ0v) is 12.6. The van der Waals surface area contributed by atoms with Crippen LogP contribution in [0.3, 0.4) is 0 Å². The van der Waals surface area contributed by atoms with E-state index in [0.29, 0.717) is 6.54 Å². The Morgan fingerprint density at radius 3 is 2.38 bits per heavy atom. The summed E-state index contributed by atoms with van der Waals surface area (Å²) in [7, 11) is 0. The Labute approximate surface area is 125 Å². The number of anilines is 1. The minimum absolute atomic E-state index is 0.0445. The Balaban J connectivity index is 2.27. The van der Waals surface area contributed by atoms with Crippen molar-refractivity contribution in [3.05, 3.63) is 66.0 Å². The van der Waals surface area contributed by atoms with E-state index < -0.39 is 0 Å². The van der Waals surface area contributed by atoms with E-state index in [9.17, 15) is 9.50 Å². The highest BCUT2D eigenvalue weighted by Gasteiger charge is 2.28. The van der Waals surface area contributed by atoms with Gasteiger partial charge in [-0.1, -0.05) is 43.3 Å². The van der Waals surface area contributed by atoms with Gasteiger partial charge in [0.05, 0.1) is 6.61 Å². The SMILES string of the molecule is CCN(CC(C)(CO)c1ccccc1)c1cccc(F)c1. The molecular formula is C18H22FNO. The van der Waals surface area contributed by atoms with Crippen molar-refractivity contribution in [1.29, 1.82) is 0 Å². The quantitative estimate of drug-likeness (QED) is 0.877. The fourth-order valence-corrected chi connectivity index (χ4v) is 2.55. The third-order valence-corrected chi connectivity index (χ3v) is 3.91. The number of benzene rings is 2. The van der Waals surface area contributed by atoms with Crippen molar-refractivity contribution >= 4 is 5.69 Å². The Bertz CT molecular complexity index is 572. The van der Waals surface area contributed by atoms with Crippen LogP contribution in [0.2, 0.25) is 0 Å². The van der Waals surface area contributed by atoms with Crippen molar-refractivity contribution in [3.63, 3.8) is 0 Å². The highest BCUT2D eigenvalue weighted by Crippen LogP contribution is 2.27. The molecule has 2 nitrogen and oxygen atoms in total. The van der Waals surface area contributed by atoms with Gasteiger partial charge in [0, 0.05) is 24.2 Å². The molecule has 0 heterocycles. The van der Waals surface area contributed by atoms with E-state index in [0.717, 1.165) is 17.8 Å². The molecule has 1 unspecified atom stereocenters. The van der Waals surface area contributed by atoms with Crippen LogP contribution < -0.4 is 4.90 Å². The molecule has 0 spiro atoms. The molecular weight excluding hydrogens is 265 g/mol. The number of hydrogen-bond acceptors (Lipinski definition) is 2. The van der Waals surface area contributed by atoms with Crippen LogP contribution in [0.15, 0.2) is 54.6 Å². The average Bonchev–Trinajstić information content (AvgIpc) is 2.53. The second kappa shape index (κ2) is 6.72. The first kappa shape index (κ1) is 15.5. The molecule has 0 bridgehead atoms. The van der Waals surface area contributed by atoms with E-state index in [2.05, 4.69) is 4.90 Å². The second-order valence-corrected chi connectivity index (χ2v) is 5.58. The number of nitrogens with zero attached hydrogens (tertiary/aromatic N) is 1. The van der Waals surface area contributed by atoms with Crippen LogP contribution in [0.1, 0.15) is 19.4 Å². The molecule has 0 saturated heterocycles. The molecule has 0 radical (unpaired) electrons. The molecule has 0 aromatic heterocycles. The molecule has 1 N–H and O–H groups in total. The Hall–Kier alpha value is -1.87. The molecule has 0 aliphatic rings. The van der Waals surface area contributed by atoms with E-state index in [4.69, 9.17) is 0 Å². The number of likely N-dealkylation sites (N-methyl/N-ethyl adjacent to an activating group) is 1. The fourth-order valence-electron chi connectivity index (χ4n) is 2.55. The normalized spacial score (nSPS) is 13.7. The van der Waals surface area contributed by atoms with E-state index in [1.54, 1.807) is 6.07 Å². The number of rotatable bonds is 6. The predicted molar refractivity (Wildman–Crippen MR) is 85.2 cm³/mol. The minimum atomic E-state index is -0.385.